The topological polar surface area (TPSA) is 159 Å². The van der Waals surface area contributed by atoms with Crippen LogP contribution in [0.2, 0.25) is 0 Å². The summed E-state index contributed by atoms with van der Waals surface area (Å²) in [5, 5.41) is 4.39. The van der Waals surface area contributed by atoms with E-state index in [4.69, 9.17) is 20.2 Å². The van der Waals surface area contributed by atoms with Crippen molar-refractivity contribution in [2.45, 2.75) is 77.0 Å². The van der Waals surface area contributed by atoms with Crippen molar-refractivity contribution < 1.29 is 27.5 Å². The van der Waals surface area contributed by atoms with E-state index in [1.54, 1.807) is 6.20 Å². The molecule has 1 atom stereocenters. The van der Waals surface area contributed by atoms with Crippen LogP contribution in [0.15, 0.2) is 42.7 Å². The molecule has 2 fully saturated rings. The average Bonchev–Trinajstić information content (AvgIpc) is 3.48. The Balaban J connectivity index is 1.11. The summed E-state index contributed by atoms with van der Waals surface area (Å²) in [6.07, 6.45) is 9.70. The first-order chi connectivity index (χ1) is 22.0. The number of sulfone groups is 1. The largest absolute Gasteiger partial charge is 0.493 e. The van der Waals surface area contributed by atoms with Gasteiger partial charge in [0.25, 0.3) is 0 Å². The quantitative estimate of drug-likeness (QED) is 0.218. The lowest BCUT2D eigenvalue weighted by Gasteiger charge is -2.36. The molecule has 0 radical (unpaired) electrons. The van der Waals surface area contributed by atoms with Crippen molar-refractivity contribution in [3.05, 3.63) is 42.7 Å². The zero-order chi connectivity index (χ0) is 32.8. The molecule has 13 heteroatoms. The minimum Gasteiger partial charge on any atom is -0.493 e. The number of nitrogens with two attached hydrogens (primary N) is 1. The highest BCUT2D eigenvalue weighted by Gasteiger charge is 2.33. The Bertz CT molecular complexity index is 1610. The maximum absolute atomic E-state index is 13.3. The summed E-state index contributed by atoms with van der Waals surface area (Å²) < 4.78 is 36.3. The van der Waals surface area contributed by atoms with Crippen LogP contribution in [0.3, 0.4) is 0 Å². The maximum atomic E-state index is 13.3. The van der Waals surface area contributed by atoms with E-state index < -0.39 is 15.9 Å². The summed E-state index contributed by atoms with van der Waals surface area (Å²) in [4.78, 5) is 36.7. The second kappa shape index (κ2) is 14.8. The summed E-state index contributed by atoms with van der Waals surface area (Å²) >= 11 is 0. The smallest absolute Gasteiger partial charge is 0.323 e. The van der Waals surface area contributed by atoms with Gasteiger partial charge in [-0.25, -0.2) is 13.4 Å². The molecule has 1 saturated carbocycles. The van der Waals surface area contributed by atoms with Crippen LogP contribution in [0.5, 0.6) is 5.75 Å². The minimum atomic E-state index is -3.02. The molecular weight excluding hydrogens is 608 g/mol. The van der Waals surface area contributed by atoms with Crippen molar-refractivity contribution in [1.29, 1.82) is 0 Å². The fourth-order valence-electron chi connectivity index (χ4n) is 6.16. The van der Waals surface area contributed by atoms with Crippen molar-refractivity contribution in [1.82, 2.24) is 19.4 Å². The summed E-state index contributed by atoms with van der Waals surface area (Å²) in [6.45, 7) is 5.30. The second-order valence-electron chi connectivity index (χ2n) is 12.9. The lowest BCUT2D eigenvalue weighted by molar-refractivity contribution is -0.155. The van der Waals surface area contributed by atoms with Crippen molar-refractivity contribution in [3.63, 3.8) is 0 Å². The van der Waals surface area contributed by atoms with Crippen LogP contribution in [-0.2, 0) is 24.2 Å². The molecular formula is C33H46N6O6S. The van der Waals surface area contributed by atoms with Gasteiger partial charge in [-0.3, -0.25) is 9.59 Å². The van der Waals surface area contributed by atoms with Gasteiger partial charge in [-0.2, -0.15) is 4.98 Å². The normalized spacial score (nSPS) is 20.1. The number of nitrogens with zero attached hydrogens (tertiary/aromatic N) is 4. The predicted molar refractivity (Wildman–Crippen MR) is 177 cm³/mol. The predicted octanol–water partition coefficient (Wildman–Crippen LogP) is 3.72. The third kappa shape index (κ3) is 8.55. The summed E-state index contributed by atoms with van der Waals surface area (Å²) in [5.74, 6) is 1.89. The molecule has 1 aliphatic carbocycles. The number of esters is 1. The Kier molecular flexibility index (Phi) is 10.8. The number of carbonyl (C=O) groups excluding carboxylic acids is 2. The molecule has 1 amide bonds. The van der Waals surface area contributed by atoms with Crippen LogP contribution >= 0.6 is 0 Å². The Morgan fingerprint density at radius 3 is 2.50 bits per heavy atom. The number of ether oxygens (including phenoxy) is 2. The number of piperidine rings is 1. The van der Waals surface area contributed by atoms with Crippen LogP contribution < -0.4 is 15.8 Å². The van der Waals surface area contributed by atoms with Gasteiger partial charge < -0.3 is 30.0 Å². The molecule has 3 N–H and O–H groups in total. The summed E-state index contributed by atoms with van der Waals surface area (Å²) in [7, 11) is -3.02. The molecule has 1 aromatic carbocycles. The molecule has 0 spiro atoms. The van der Waals surface area contributed by atoms with Gasteiger partial charge in [-0.1, -0.05) is 19.9 Å². The Morgan fingerprint density at radius 1 is 1.07 bits per heavy atom. The molecule has 250 valence electrons. The van der Waals surface area contributed by atoms with E-state index in [1.807, 2.05) is 59.8 Å². The van der Waals surface area contributed by atoms with E-state index in [1.165, 1.54) is 6.26 Å². The van der Waals surface area contributed by atoms with E-state index in [0.717, 1.165) is 36.6 Å². The Labute approximate surface area is 271 Å². The fraction of sp³-hybridized carbons (Fsp3) is 0.576. The molecule has 2 aromatic heterocycles. The Hall–Kier alpha value is -3.71. The van der Waals surface area contributed by atoms with Crippen LogP contribution in [0.4, 0.5) is 5.95 Å². The molecule has 46 heavy (non-hydrogen) atoms. The highest BCUT2D eigenvalue weighted by molar-refractivity contribution is 7.90. The van der Waals surface area contributed by atoms with E-state index in [-0.39, 0.29) is 41.6 Å². The number of rotatable bonds is 12. The first-order valence-electron chi connectivity index (χ1n) is 16.2. The number of fused-ring (bicyclic) bond motifs is 1. The van der Waals surface area contributed by atoms with E-state index >= 15 is 0 Å². The van der Waals surface area contributed by atoms with Crippen LogP contribution in [-0.4, -0.2) is 89.6 Å². The average molecular weight is 655 g/mol. The molecule has 1 saturated heterocycles. The Morgan fingerprint density at radius 2 is 1.80 bits per heavy atom. The van der Waals surface area contributed by atoms with Crippen molar-refractivity contribution in [2.75, 3.05) is 37.0 Å². The molecule has 0 unspecified atom stereocenters. The number of carbonyl (C=O) groups is 2. The fourth-order valence-corrected chi connectivity index (χ4v) is 6.80. The summed E-state index contributed by atoms with van der Waals surface area (Å²) in [5.41, 5.74) is 6.84. The SMILES string of the molecule is CC(C)[C@@H](N)C(=O)OC1CCN(C(=O)C2CCC(Nc3nccc(-n4ccc5c(OCCCS(C)(=O)=O)cccc54)n3)CC2)CC1. The van der Waals surface area contributed by atoms with Crippen LogP contribution in [0.25, 0.3) is 16.7 Å². The summed E-state index contributed by atoms with van der Waals surface area (Å²) in [6, 6.07) is 9.14. The number of hydrogen-bond acceptors (Lipinski definition) is 10. The first-order valence-corrected chi connectivity index (χ1v) is 18.3. The molecule has 2 aliphatic rings. The molecule has 3 heterocycles. The highest BCUT2D eigenvalue weighted by atomic mass is 32.2. The van der Waals surface area contributed by atoms with Gasteiger partial charge in [0.05, 0.1) is 17.9 Å². The van der Waals surface area contributed by atoms with Crippen LogP contribution in [0.1, 0.15) is 58.8 Å². The van der Waals surface area contributed by atoms with Crippen LogP contribution in [0, 0.1) is 11.8 Å². The number of hydrogen-bond donors (Lipinski definition) is 2. The van der Waals surface area contributed by atoms with E-state index in [0.29, 0.717) is 56.5 Å². The van der Waals surface area contributed by atoms with Gasteiger partial charge >= 0.3 is 5.97 Å². The number of amides is 1. The van der Waals surface area contributed by atoms with Gasteiger partial charge in [0.1, 0.15) is 33.6 Å². The van der Waals surface area contributed by atoms with E-state index in [2.05, 4.69) is 10.3 Å². The van der Waals surface area contributed by atoms with Gasteiger partial charge in [0, 0.05) is 61.9 Å². The monoisotopic (exact) mass is 654 g/mol. The number of anilines is 1. The standard InChI is InChI=1S/C33H46N6O6S/c1-22(2)30(34)32(41)45-25-13-17-38(18-14-25)31(40)23-8-10-24(11-9-23)36-33-35-16-12-29(37-33)39-19-15-26-27(39)6-4-7-28(26)44-20-5-21-46(3,42)43/h4,6-7,12,15-16,19,22-25,30H,5,8-11,13-14,17-18,20-21,34H2,1-3H3,(H,35,36,37)/t23?,24?,30-/m1/s1. The van der Waals surface area contributed by atoms with Gasteiger partial charge in [0.15, 0.2) is 0 Å². The van der Waals surface area contributed by atoms with Gasteiger partial charge in [0.2, 0.25) is 11.9 Å². The molecule has 0 bridgehead atoms. The lowest BCUT2D eigenvalue weighted by Crippen LogP contribution is -2.46. The van der Waals surface area contributed by atoms with Crippen molar-refractivity contribution in [3.8, 4) is 11.6 Å². The minimum absolute atomic E-state index is 0.00667. The second-order valence-corrected chi connectivity index (χ2v) is 15.1. The third-order valence-corrected chi connectivity index (χ3v) is 9.96. The van der Waals surface area contributed by atoms with E-state index in [9.17, 15) is 18.0 Å². The number of aromatic nitrogens is 3. The number of benzene rings is 1. The number of likely N-dealkylation sites (tertiary alicyclic amines) is 1. The lowest BCUT2D eigenvalue weighted by atomic mass is 9.85. The molecule has 12 nitrogen and oxygen atoms in total. The third-order valence-electron chi connectivity index (χ3n) is 8.93. The molecule has 5 rings (SSSR count). The zero-order valence-electron chi connectivity index (χ0n) is 26.9. The molecule has 1 aliphatic heterocycles. The molecule has 3 aromatic rings. The first kappa shape index (κ1) is 33.6. The highest BCUT2D eigenvalue weighted by Crippen LogP contribution is 2.31. The van der Waals surface area contributed by atoms with Crippen molar-refractivity contribution >= 4 is 38.6 Å². The van der Waals surface area contributed by atoms with Gasteiger partial charge in [-0.15, -0.1) is 0 Å². The number of nitrogens with one attached hydrogen (secondary N) is 1. The zero-order valence-corrected chi connectivity index (χ0v) is 27.7. The van der Waals surface area contributed by atoms with Crippen molar-refractivity contribution in [2.24, 2.45) is 17.6 Å². The van der Waals surface area contributed by atoms with Gasteiger partial charge in [-0.05, 0) is 62.3 Å². The maximum Gasteiger partial charge on any atom is 0.323 e.